The van der Waals surface area contributed by atoms with Crippen molar-refractivity contribution in [3.05, 3.63) is 36.2 Å². The van der Waals surface area contributed by atoms with Gasteiger partial charge >= 0.3 is 0 Å². The van der Waals surface area contributed by atoms with Crippen LogP contribution in [0.3, 0.4) is 0 Å². The molecule has 148 valence electrons. The van der Waals surface area contributed by atoms with Crippen molar-refractivity contribution in [3.8, 4) is 5.75 Å². The summed E-state index contributed by atoms with van der Waals surface area (Å²) in [4.78, 5) is 12.4. The van der Waals surface area contributed by atoms with E-state index in [1.807, 2.05) is 24.3 Å². The Morgan fingerprint density at radius 2 is 2.00 bits per heavy atom. The van der Waals surface area contributed by atoms with Crippen molar-refractivity contribution in [1.82, 2.24) is 20.3 Å². The van der Waals surface area contributed by atoms with E-state index in [4.69, 9.17) is 4.74 Å². The van der Waals surface area contributed by atoms with Crippen LogP contribution in [-0.4, -0.2) is 40.6 Å². The predicted molar refractivity (Wildman–Crippen MR) is 108 cm³/mol. The molecule has 1 fully saturated rings. The van der Waals surface area contributed by atoms with Crippen LogP contribution < -0.4 is 15.4 Å². The molecule has 0 spiro atoms. The Hall–Kier alpha value is -2.12. The van der Waals surface area contributed by atoms with Gasteiger partial charge in [0, 0.05) is 5.69 Å². The third-order valence-corrected chi connectivity index (χ3v) is 4.50. The van der Waals surface area contributed by atoms with E-state index in [0.717, 1.165) is 38.1 Å². The zero-order chi connectivity index (χ0) is 18.4. The summed E-state index contributed by atoms with van der Waals surface area (Å²) in [5, 5.41) is 14.3. The largest absolute Gasteiger partial charge is 0.494 e. The van der Waals surface area contributed by atoms with Crippen molar-refractivity contribution in [2.45, 2.75) is 39.2 Å². The molecule has 2 heterocycles. The number of carbonyl (C=O) groups excluding carboxylic acids is 1. The van der Waals surface area contributed by atoms with Crippen LogP contribution in [0.2, 0.25) is 0 Å². The van der Waals surface area contributed by atoms with Crippen LogP contribution in [0.5, 0.6) is 5.75 Å². The van der Waals surface area contributed by atoms with Crippen molar-refractivity contribution < 1.29 is 9.53 Å². The van der Waals surface area contributed by atoms with E-state index in [1.54, 1.807) is 10.9 Å². The monoisotopic (exact) mass is 393 g/mol. The number of nitrogens with zero attached hydrogens (tertiary/aromatic N) is 3. The first-order chi connectivity index (χ1) is 12.6. The summed E-state index contributed by atoms with van der Waals surface area (Å²) in [7, 11) is 0. The highest BCUT2D eigenvalue weighted by atomic mass is 35.5. The van der Waals surface area contributed by atoms with Crippen LogP contribution in [0.1, 0.15) is 49.6 Å². The van der Waals surface area contributed by atoms with Crippen LogP contribution in [0.25, 0.3) is 0 Å². The van der Waals surface area contributed by atoms with Gasteiger partial charge in [-0.2, -0.15) is 0 Å². The number of piperidine rings is 1. The van der Waals surface area contributed by atoms with Gasteiger partial charge in [-0.25, -0.2) is 4.68 Å². The number of anilines is 1. The minimum absolute atomic E-state index is 0. The summed E-state index contributed by atoms with van der Waals surface area (Å²) in [5.74, 6) is 1.17. The number of nitrogens with one attached hydrogen (secondary N) is 2. The van der Waals surface area contributed by atoms with E-state index < -0.39 is 0 Å². The van der Waals surface area contributed by atoms with Crippen LogP contribution in [-0.2, 0) is 0 Å². The average Bonchev–Trinajstić information content (AvgIpc) is 3.14. The number of hydrogen-bond acceptors (Lipinski definition) is 5. The molecule has 0 atom stereocenters. The molecular weight excluding hydrogens is 366 g/mol. The van der Waals surface area contributed by atoms with Gasteiger partial charge in [0.25, 0.3) is 5.91 Å². The zero-order valence-electron chi connectivity index (χ0n) is 15.9. The van der Waals surface area contributed by atoms with Gasteiger partial charge in [-0.1, -0.05) is 19.1 Å². The summed E-state index contributed by atoms with van der Waals surface area (Å²) in [5.41, 5.74) is 1.04. The molecule has 27 heavy (non-hydrogen) atoms. The Morgan fingerprint density at radius 1 is 1.30 bits per heavy atom. The van der Waals surface area contributed by atoms with Gasteiger partial charge in [0.1, 0.15) is 5.75 Å². The standard InChI is InChI=1S/C19H27N5O2.ClH/c1-14(2)9-12-26-17-5-3-15(4-6-17)21-19(25)18-13-24(23-22-18)16-7-10-20-11-8-16;/h3-6,13-14,16,20H,7-12H2,1-2H3,(H,21,25);1H. The summed E-state index contributed by atoms with van der Waals surface area (Å²) >= 11 is 0. The van der Waals surface area contributed by atoms with E-state index in [2.05, 4.69) is 34.8 Å². The molecule has 3 rings (SSSR count). The molecule has 0 aliphatic carbocycles. The van der Waals surface area contributed by atoms with Crippen LogP contribution >= 0.6 is 12.4 Å². The van der Waals surface area contributed by atoms with E-state index in [0.29, 0.717) is 29.9 Å². The second-order valence-corrected chi connectivity index (χ2v) is 7.07. The maximum absolute atomic E-state index is 12.4. The van der Waals surface area contributed by atoms with Gasteiger partial charge in [-0.3, -0.25) is 4.79 Å². The highest BCUT2D eigenvalue weighted by Crippen LogP contribution is 2.19. The van der Waals surface area contributed by atoms with Gasteiger partial charge in [0.2, 0.25) is 0 Å². The van der Waals surface area contributed by atoms with E-state index >= 15 is 0 Å². The quantitative estimate of drug-likeness (QED) is 0.754. The SMILES string of the molecule is CC(C)CCOc1ccc(NC(=O)c2cn(C3CCNCC3)nn2)cc1.Cl. The molecule has 1 aromatic carbocycles. The fraction of sp³-hybridized carbons (Fsp3) is 0.526. The molecule has 1 aliphatic heterocycles. The molecular formula is C19H28ClN5O2. The van der Waals surface area contributed by atoms with Crippen LogP contribution in [0.15, 0.2) is 30.5 Å². The van der Waals surface area contributed by atoms with Gasteiger partial charge < -0.3 is 15.4 Å². The molecule has 2 N–H and O–H groups in total. The van der Waals surface area contributed by atoms with Crippen molar-refractivity contribution in [2.24, 2.45) is 5.92 Å². The lowest BCUT2D eigenvalue weighted by atomic mass is 10.1. The number of aromatic nitrogens is 3. The van der Waals surface area contributed by atoms with Crippen molar-refractivity contribution in [3.63, 3.8) is 0 Å². The summed E-state index contributed by atoms with van der Waals surface area (Å²) in [6, 6.07) is 7.70. The van der Waals surface area contributed by atoms with Crippen molar-refractivity contribution in [2.75, 3.05) is 25.0 Å². The lowest BCUT2D eigenvalue weighted by molar-refractivity contribution is 0.102. The molecule has 2 aromatic rings. The topological polar surface area (TPSA) is 81.1 Å². The molecule has 0 saturated carbocycles. The Morgan fingerprint density at radius 3 is 2.67 bits per heavy atom. The number of benzene rings is 1. The van der Waals surface area contributed by atoms with Gasteiger partial charge in [0.05, 0.1) is 18.8 Å². The average molecular weight is 394 g/mol. The number of amides is 1. The zero-order valence-corrected chi connectivity index (χ0v) is 16.7. The maximum Gasteiger partial charge on any atom is 0.277 e. The first-order valence-electron chi connectivity index (χ1n) is 9.28. The lowest BCUT2D eigenvalue weighted by Gasteiger charge is -2.22. The summed E-state index contributed by atoms with van der Waals surface area (Å²) < 4.78 is 7.50. The smallest absolute Gasteiger partial charge is 0.277 e. The van der Waals surface area contributed by atoms with Crippen LogP contribution in [0, 0.1) is 5.92 Å². The number of carbonyl (C=O) groups is 1. The van der Waals surface area contributed by atoms with Crippen molar-refractivity contribution in [1.29, 1.82) is 0 Å². The minimum Gasteiger partial charge on any atom is -0.494 e. The number of hydrogen-bond donors (Lipinski definition) is 2. The molecule has 8 heteroatoms. The third-order valence-electron chi connectivity index (χ3n) is 4.50. The number of halogens is 1. The first kappa shape index (κ1) is 21.2. The fourth-order valence-corrected chi connectivity index (χ4v) is 2.87. The molecule has 0 unspecified atom stereocenters. The number of rotatable bonds is 7. The molecule has 1 aliphatic rings. The Bertz CT molecular complexity index is 711. The molecule has 1 saturated heterocycles. The van der Waals surface area contributed by atoms with Gasteiger partial charge in [-0.05, 0) is 62.5 Å². The lowest BCUT2D eigenvalue weighted by Crippen LogP contribution is -2.29. The highest BCUT2D eigenvalue weighted by Gasteiger charge is 2.18. The van der Waals surface area contributed by atoms with E-state index in [-0.39, 0.29) is 18.3 Å². The summed E-state index contributed by atoms with van der Waals surface area (Å²) in [6.07, 6.45) is 4.76. The molecule has 1 amide bonds. The third kappa shape index (κ3) is 6.22. The molecule has 7 nitrogen and oxygen atoms in total. The Kier molecular flexibility index (Phi) is 8.06. The second kappa shape index (κ2) is 10.3. The predicted octanol–water partition coefficient (Wildman–Crippen LogP) is 3.30. The van der Waals surface area contributed by atoms with Gasteiger partial charge in [0.15, 0.2) is 5.69 Å². The van der Waals surface area contributed by atoms with E-state index in [9.17, 15) is 4.79 Å². The van der Waals surface area contributed by atoms with E-state index in [1.165, 1.54) is 0 Å². The highest BCUT2D eigenvalue weighted by molar-refractivity contribution is 6.02. The Balaban J connectivity index is 0.00000261. The van der Waals surface area contributed by atoms with Crippen LogP contribution in [0.4, 0.5) is 5.69 Å². The van der Waals surface area contributed by atoms with Gasteiger partial charge in [-0.15, -0.1) is 17.5 Å². The normalized spacial score (nSPS) is 14.6. The number of ether oxygens (including phenoxy) is 1. The molecule has 0 bridgehead atoms. The molecule has 1 aromatic heterocycles. The minimum atomic E-state index is -0.251. The maximum atomic E-state index is 12.4. The first-order valence-corrected chi connectivity index (χ1v) is 9.28. The summed E-state index contributed by atoms with van der Waals surface area (Å²) in [6.45, 7) is 6.98. The fourth-order valence-electron chi connectivity index (χ4n) is 2.87. The second-order valence-electron chi connectivity index (χ2n) is 7.07. The molecule has 0 radical (unpaired) electrons. The Labute approximate surface area is 166 Å². The van der Waals surface area contributed by atoms with Crippen molar-refractivity contribution >= 4 is 24.0 Å².